The number of carbonyl (C=O) groups excluding carboxylic acids is 2. The number of ketones is 2. The molecule has 0 saturated heterocycles. The Morgan fingerprint density at radius 2 is 2.00 bits per heavy atom. The van der Waals surface area contributed by atoms with Gasteiger partial charge in [-0.05, 0) is 31.4 Å². The van der Waals surface area contributed by atoms with Crippen LogP contribution in [0.2, 0.25) is 0 Å². The van der Waals surface area contributed by atoms with Crippen molar-refractivity contribution in [3.63, 3.8) is 0 Å². The van der Waals surface area contributed by atoms with Gasteiger partial charge in [0.25, 0.3) is 0 Å². The quantitative estimate of drug-likeness (QED) is 0.363. The summed E-state index contributed by atoms with van der Waals surface area (Å²) in [6, 6.07) is 9.34. The van der Waals surface area contributed by atoms with Gasteiger partial charge in [-0.15, -0.1) is 0 Å². The molecule has 1 N–H and O–H groups in total. The minimum absolute atomic E-state index is 0.145. The van der Waals surface area contributed by atoms with E-state index in [9.17, 15) is 9.59 Å². The van der Waals surface area contributed by atoms with Crippen molar-refractivity contribution < 1.29 is 14.1 Å². The van der Waals surface area contributed by atoms with Crippen molar-refractivity contribution in [3.05, 3.63) is 71.3 Å². The van der Waals surface area contributed by atoms with E-state index >= 15 is 0 Å². The summed E-state index contributed by atoms with van der Waals surface area (Å²) in [4.78, 5) is 28.4. The van der Waals surface area contributed by atoms with E-state index in [1.807, 2.05) is 38.2 Å². The third kappa shape index (κ3) is 4.65. The molecule has 0 amide bonds. The van der Waals surface area contributed by atoms with Gasteiger partial charge in [-0.1, -0.05) is 61.2 Å². The fraction of sp³-hybridized carbons (Fsp3) is 0.261. The van der Waals surface area contributed by atoms with Gasteiger partial charge >= 0.3 is 0 Å². The number of rotatable bonds is 8. The van der Waals surface area contributed by atoms with Crippen molar-refractivity contribution in [2.45, 2.75) is 33.6 Å². The second kappa shape index (κ2) is 8.90. The maximum atomic E-state index is 13.1. The van der Waals surface area contributed by atoms with E-state index in [1.165, 1.54) is 0 Å². The summed E-state index contributed by atoms with van der Waals surface area (Å²) in [6.45, 7) is 5.99. The lowest BCUT2D eigenvalue weighted by molar-refractivity contribution is 0.103. The van der Waals surface area contributed by atoms with Crippen molar-refractivity contribution in [1.82, 2.24) is 10.1 Å². The standard InChI is InChI=1S/C23H25BN2O3/c1-4-14(2)6-5-7-20(27)19-12-17(13-25-19)23(28)21-15(3)29-26-22(21)16-8-10-18(24)11-9-16/h5,7-14,25H,4,6,24H2,1-3H3/b7-5-. The Morgan fingerprint density at radius 3 is 2.69 bits per heavy atom. The third-order valence-corrected chi connectivity index (χ3v) is 5.13. The smallest absolute Gasteiger partial charge is 0.201 e. The van der Waals surface area contributed by atoms with Crippen LogP contribution in [-0.4, -0.2) is 29.6 Å². The molecule has 0 fully saturated rings. The summed E-state index contributed by atoms with van der Waals surface area (Å²) in [7, 11) is 2.00. The first-order valence-electron chi connectivity index (χ1n) is 9.88. The number of hydrogen-bond donors (Lipinski definition) is 1. The van der Waals surface area contributed by atoms with Gasteiger partial charge in [0.05, 0.1) is 11.3 Å². The van der Waals surface area contributed by atoms with Gasteiger partial charge in [0, 0.05) is 17.3 Å². The van der Waals surface area contributed by atoms with Crippen LogP contribution in [0.4, 0.5) is 0 Å². The van der Waals surface area contributed by atoms with Crippen LogP contribution in [0.3, 0.4) is 0 Å². The van der Waals surface area contributed by atoms with Crippen molar-refractivity contribution in [1.29, 1.82) is 0 Å². The number of allylic oxidation sites excluding steroid dienone is 2. The van der Waals surface area contributed by atoms with Crippen LogP contribution >= 0.6 is 0 Å². The first-order chi connectivity index (χ1) is 13.9. The average molecular weight is 388 g/mol. The number of aryl methyl sites for hydroxylation is 1. The number of aromatic nitrogens is 2. The molecule has 0 aliphatic carbocycles. The van der Waals surface area contributed by atoms with E-state index in [2.05, 4.69) is 24.0 Å². The van der Waals surface area contributed by atoms with Gasteiger partial charge < -0.3 is 9.51 Å². The minimum atomic E-state index is -0.224. The van der Waals surface area contributed by atoms with E-state index < -0.39 is 0 Å². The number of nitrogens with one attached hydrogen (secondary N) is 1. The highest BCUT2D eigenvalue weighted by Gasteiger charge is 2.24. The number of hydrogen-bond acceptors (Lipinski definition) is 4. The molecule has 2 heterocycles. The maximum Gasteiger partial charge on any atom is 0.201 e. The van der Waals surface area contributed by atoms with Gasteiger partial charge in [0.15, 0.2) is 5.78 Å². The minimum Gasteiger partial charge on any atom is -0.360 e. The summed E-state index contributed by atoms with van der Waals surface area (Å²) < 4.78 is 5.30. The Bertz CT molecular complexity index is 1040. The Balaban J connectivity index is 1.83. The molecule has 0 saturated carbocycles. The lowest BCUT2D eigenvalue weighted by Crippen LogP contribution is -2.04. The maximum absolute atomic E-state index is 13.1. The van der Waals surface area contributed by atoms with Crippen LogP contribution in [-0.2, 0) is 0 Å². The highest BCUT2D eigenvalue weighted by molar-refractivity contribution is 6.32. The molecule has 29 heavy (non-hydrogen) atoms. The zero-order chi connectivity index (χ0) is 21.0. The molecule has 0 radical (unpaired) electrons. The largest absolute Gasteiger partial charge is 0.360 e. The van der Waals surface area contributed by atoms with Crippen molar-refractivity contribution in [2.24, 2.45) is 5.92 Å². The molecule has 1 aromatic carbocycles. The van der Waals surface area contributed by atoms with Crippen LogP contribution < -0.4 is 5.46 Å². The molecular formula is C23H25BN2O3. The molecule has 148 valence electrons. The fourth-order valence-corrected chi connectivity index (χ4v) is 3.02. The van der Waals surface area contributed by atoms with Gasteiger partial charge in [-0.2, -0.15) is 0 Å². The molecule has 0 spiro atoms. The van der Waals surface area contributed by atoms with E-state index in [-0.39, 0.29) is 11.6 Å². The topological polar surface area (TPSA) is 76.0 Å². The SMILES string of the molecule is Bc1ccc(-c2noc(C)c2C(=O)c2c[nH]c(C(=O)/C=C\CC(C)CC)c2)cc1. The molecule has 5 nitrogen and oxygen atoms in total. The molecule has 0 aliphatic heterocycles. The first-order valence-corrected chi connectivity index (χ1v) is 9.88. The Morgan fingerprint density at radius 1 is 1.28 bits per heavy atom. The number of aromatic amines is 1. The zero-order valence-corrected chi connectivity index (χ0v) is 17.3. The van der Waals surface area contributed by atoms with Crippen LogP contribution in [0.15, 0.2) is 53.2 Å². The lowest BCUT2D eigenvalue weighted by Gasteiger charge is -2.02. The average Bonchev–Trinajstić information content (AvgIpc) is 3.35. The van der Waals surface area contributed by atoms with Crippen LogP contribution in [0.5, 0.6) is 0 Å². The van der Waals surface area contributed by atoms with Crippen molar-refractivity contribution in [3.8, 4) is 11.3 Å². The summed E-state index contributed by atoms with van der Waals surface area (Å²) in [5, 5.41) is 4.09. The molecule has 3 aromatic rings. The van der Waals surface area contributed by atoms with Crippen LogP contribution in [0.25, 0.3) is 11.3 Å². The molecule has 6 heteroatoms. The van der Waals surface area contributed by atoms with Gasteiger partial charge in [-0.3, -0.25) is 9.59 Å². The number of benzene rings is 1. The fourth-order valence-electron chi connectivity index (χ4n) is 3.02. The lowest BCUT2D eigenvalue weighted by atomic mass is 9.93. The van der Waals surface area contributed by atoms with E-state index in [1.54, 1.807) is 25.3 Å². The molecule has 2 aromatic heterocycles. The normalized spacial score (nSPS) is 12.4. The van der Waals surface area contributed by atoms with E-state index in [0.717, 1.165) is 23.9 Å². The summed E-state index contributed by atoms with van der Waals surface area (Å²) >= 11 is 0. The summed E-state index contributed by atoms with van der Waals surface area (Å²) in [6.07, 6.45) is 6.94. The summed E-state index contributed by atoms with van der Waals surface area (Å²) in [5.41, 5.74) is 3.66. The van der Waals surface area contributed by atoms with Crippen LogP contribution in [0, 0.1) is 12.8 Å². The van der Waals surface area contributed by atoms with Gasteiger partial charge in [0.1, 0.15) is 19.3 Å². The Kier molecular flexibility index (Phi) is 6.32. The molecule has 0 bridgehead atoms. The highest BCUT2D eigenvalue weighted by atomic mass is 16.5. The third-order valence-electron chi connectivity index (χ3n) is 5.13. The second-order valence-corrected chi connectivity index (χ2v) is 7.48. The molecule has 3 rings (SSSR count). The number of nitrogens with zero attached hydrogens (tertiary/aromatic N) is 1. The first kappa shape index (κ1) is 20.6. The second-order valence-electron chi connectivity index (χ2n) is 7.48. The van der Waals surface area contributed by atoms with Crippen molar-refractivity contribution in [2.75, 3.05) is 0 Å². The highest BCUT2D eigenvalue weighted by Crippen LogP contribution is 2.27. The Hall–Kier alpha value is -3.15. The van der Waals surface area contributed by atoms with Crippen molar-refractivity contribution >= 4 is 24.9 Å². The molecular weight excluding hydrogens is 363 g/mol. The number of carbonyl (C=O) groups is 2. The van der Waals surface area contributed by atoms with Gasteiger partial charge in [-0.25, -0.2) is 0 Å². The Labute approximate surface area is 171 Å². The molecule has 0 aliphatic rings. The zero-order valence-electron chi connectivity index (χ0n) is 17.3. The summed E-state index contributed by atoms with van der Waals surface area (Å²) in [5.74, 6) is 0.621. The predicted octanol–water partition coefficient (Wildman–Crippen LogP) is 3.64. The predicted molar refractivity (Wildman–Crippen MR) is 117 cm³/mol. The van der Waals surface area contributed by atoms with Crippen LogP contribution in [0.1, 0.15) is 58.9 Å². The molecule has 1 atom stereocenters. The number of H-pyrrole nitrogens is 1. The van der Waals surface area contributed by atoms with E-state index in [0.29, 0.717) is 34.2 Å². The monoisotopic (exact) mass is 388 g/mol. The molecule has 1 unspecified atom stereocenters. The van der Waals surface area contributed by atoms with Gasteiger partial charge in [0.2, 0.25) is 5.78 Å². The van der Waals surface area contributed by atoms with E-state index in [4.69, 9.17) is 4.52 Å².